The Morgan fingerprint density at radius 3 is 2.92 bits per heavy atom. The molecule has 3 heterocycles. The number of carbonyl (C=O) groups is 1. The number of thiazole rings is 1. The monoisotopic (exact) mass is 373 g/mol. The van der Waals surface area contributed by atoms with Gasteiger partial charge in [-0.1, -0.05) is 0 Å². The summed E-state index contributed by atoms with van der Waals surface area (Å²) in [4.78, 5) is 25.6. The largest absolute Gasteiger partial charge is 0.339 e. The highest BCUT2D eigenvalue weighted by Gasteiger charge is 2.34. The summed E-state index contributed by atoms with van der Waals surface area (Å²) in [6, 6.07) is 5.05. The lowest BCUT2D eigenvalue weighted by Crippen LogP contribution is -2.41. The SMILES string of the molecule is Cc1ncsc1CN1C[C@@H](F)C[C@H]1CN(C)C(=O)c1ccc(C#N)cn1. The summed E-state index contributed by atoms with van der Waals surface area (Å²) in [7, 11) is 1.70. The van der Waals surface area contributed by atoms with Crippen LogP contribution < -0.4 is 0 Å². The standard InChI is InChI=1S/C18H20FN5OS/c1-12-17(26-11-22-12)10-24-8-14(19)5-15(24)9-23(2)18(25)16-4-3-13(6-20)7-21-16/h3-4,7,11,14-15H,5,8-10H2,1-2H3/t14-,15-/m0/s1. The molecular formula is C18H20FN5OS. The number of rotatable bonds is 5. The number of hydrogen-bond acceptors (Lipinski definition) is 6. The summed E-state index contributed by atoms with van der Waals surface area (Å²) in [6.07, 6.45) is 0.911. The van der Waals surface area contributed by atoms with E-state index in [1.165, 1.54) is 6.20 Å². The molecule has 1 amide bonds. The second-order valence-corrected chi connectivity index (χ2v) is 7.45. The van der Waals surface area contributed by atoms with E-state index in [1.54, 1.807) is 40.9 Å². The van der Waals surface area contributed by atoms with Gasteiger partial charge in [0.1, 0.15) is 17.9 Å². The van der Waals surface area contributed by atoms with Gasteiger partial charge >= 0.3 is 0 Å². The van der Waals surface area contributed by atoms with Crippen LogP contribution in [-0.4, -0.2) is 58.0 Å². The summed E-state index contributed by atoms with van der Waals surface area (Å²) in [5, 5.41) is 8.81. The van der Waals surface area contributed by atoms with Crippen LogP contribution in [-0.2, 0) is 6.54 Å². The Bertz CT molecular complexity index is 816. The second-order valence-electron chi connectivity index (χ2n) is 6.51. The number of nitriles is 1. The number of aryl methyl sites for hydroxylation is 1. The van der Waals surface area contributed by atoms with Crippen molar-refractivity contribution in [3.05, 3.63) is 45.7 Å². The van der Waals surface area contributed by atoms with Crippen LogP contribution in [0.15, 0.2) is 23.8 Å². The van der Waals surface area contributed by atoms with E-state index in [-0.39, 0.29) is 17.6 Å². The molecule has 136 valence electrons. The molecule has 6 nitrogen and oxygen atoms in total. The summed E-state index contributed by atoms with van der Waals surface area (Å²) in [5.41, 5.74) is 3.47. The molecule has 0 aliphatic carbocycles. The smallest absolute Gasteiger partial charge is 0.272 e. The number of carbonyl (C=O) groups excluding carboxylic acids is 1. The molecule has 3 rings (SSSR count). The fourth-order valence-corrected chi connectivity index (χ4v) is 3.95. The number of halogens is 1. The van der Waals surface area contributed by atoms with Crippen molar-refractivity contribution in [1.29, 1.82) is 5.26 Å². The number of nitrogens with zero attached hydrogens (tertiary/aromatic N) is 5. The molecule has 8 heteroatoms. The zero-order valence-corrected chi connectivity index (χ0v) is 15.5. The number of likely N-dealkylation sites (N-methyl/N-ethyl adjacent to an activating group) is 1. The Hall–Kier alpha value is -2.37. The second kappa shape index (κ2) is 7.89. The fraction of sp³-hybridized carbons (Fsp3) is 0.444. The number of amides is 1. The average Bonchev–Trinajstić information content (AvgIpc) is 3.20. The van der Waals surface area contributed by atoms with E-state index in [1.807, 2.05) is 13.0 Å². The molecule has 2 atom stereocenters. The average molecular weight is 373 g/mol. The normalized spacial score (nSPS) is 20.1. The number of aromatic nitrogens is 2. The molecule has 2 aromatic heterocycles. The molecule has 0 aromatic carbocycles. The molecule has 0 bridgehead atoms. The Kier molecular flexibility index (Phi) is 5.59. The van der Waals surface area contributed by atoms with Gasteiger partial charge in [0.15, 0.2) is 0 Å². The fourth-order valence-electron chi connectivity index (χ4n) is 3.15. The van der Waals surface area contributed by atoms with Crippen LogP contribution in [0.5, 0.6) is 0 Å². The van der Waals surface area contributed by atoms with Crippen molar-refractivity contribution in [2.24, 2.45) is 0 Å². The van der Waals surface area contributed by atoms with Gasteiger partial charge in [0.25, 0.3) is 5.91 Å². The van der Waals surface area contributed by atoms with Gasteiger partial charge in [0.2, 0.25) is 0 Å². The molecular weight excluding hydrogens is 353 g/mol. The van der Waals surface area contributed by atoms with Crippen molar-refractivity contribution < 1.29 is 9.18 Å². The van der Waals surface area contributed by atoms with Gasteiger partial charge in [-0.05, 0) is 25.5 Å². The van der Waals surface area contributed by atoms with Crippen LogP contribution in [0, 0.1) is 18.3 Å². The Morgan fingerprint density at radius 2 is 2.31 bits per heavy atom. The summed E-state index contributed by atoms with van der Waals surface area (Å²) >= 11 is 1.57. The number of pyridine rings is 1. The zero-order valence-electron chi connectivity index (χ0n) is 14.7. The summed E-state index contributed by atoms with van der Waals surface area (Å²) < 4.78 is 14.0. The first-order valence-electron chi connectivity index (χ1n) is 8.36. The molecule has 1 aliphatic rings. The molecule has 1 fully saturated rings. The lowest BCUT2D eigenvalue weighted by atomic mass is 10.2. The van der Waals surface area contributed by atoms with Crippen molar-refractivity contribution >= 4 is 17.2 Å². The first-order chi connectivity index (χ1) is 12.5. The molecule has 0 saturated carbocycles. The van der Waals surface area contributed by atoms with Gasteiger partial charge in [0.05, 0.1) is 16.8 Å². The predicted molar refractivity (Wildman–Crippen MR) is 96.5 cm³/mol. The first kappa shape index (κ1) is 18.4. The third-order valence-corrected chi connectivity index (χ3v) is 5.53. The van der Waals surface area contributed by atoms with Crippen LogP contribution in [0.25, 0.3) is 0 Å². The van der Waals surface area contributed by atoms with E-state index in [2.05, 4.69) is 14.9 Å². The zero-order chi connectivity index (χ0) is 18.7. The number of hydrogen-bond donors (Lipinski definition) is 0. The third-order valence-electron chi connectivity index (χ3n) is 4.61. The minimum atomic E-state index is -0.884. The lowest BCUT2D eigenvalue weighted by Gasteiger charge is -2.28. The van der Waals surface area contributed by atoms with E-state index < -0.39 is 6.17 Å². The molecule has 0 spiro atoms. The van der Waals surface area contributed by atoms with E-state index in [4.69, 9.17) is 5.26 Å². The molecule has 26 heavy (non-hydrogen) atoms. The maximum absolute atomic E-state index is 14.0. The highest BCUT2D eigenvalue weighted by atomic mass is 32.1. The van der Waals surface area contributed by atoms with Crippen molar-refractivity contribution in [2.45, 2.75) is 32.1 Å². The van der Waals surface area contributed by atoms with Crippen molar-refractivity contribution in [2.75, 3.05) is 20.1 Å². The summed E-state index contributed by atoms with van der Waals surface area (Å²) in [5.74, 6) is -0.231. The van der Waals surface area contributed by atoms with Crippen molar-refractivity contribution in [3.63, 3.8) is 0 Å². The van der Waals surface area contributed by atoms with Gasteiger partial charge < -0.3 is 4.90 Å². The van der Waals surface area contributed by atoms with E-state index >= 15 is 0 Å². The van der Waals surface area contributed by atoms with Gasteiger partial charge in [-0.25, -0.2) is 14.4 Å². The highest BCUT2D eigenvalue weighted by molar-refractivity contribution is 7.09. The van der Waals surface area contributed by atoms with E-state index in [0.717, 1.165) is 10.6 Å². The van der Waals surface area contributed by atoms with Crippen LogP contribution >= 0.6 is 11.3 Å². The van der Waals surface area contributed by atoms with E-state index in [0.29, 0.717) is 31.6 Å². The molecule has 0 radical (unpaired) electrons. The predicted octanol–water partition coefficient (Wildman–Crippen LogP) is 2.40. The molecule has 1 saturated heterocycles. The van der Waals surface area contributed by atoms with Crippen LogP contribution in [0.4, 0.5) is 4.39 Å². The maximum atomic E-state index is 14.0. The molecule has 0 unspecified atom stereocenters. The quantitative estimate of drug-likeness (QED) is 0.805. The number of likely N-dealkylation sites (tertiary alicyclic amines) is 1. The Morgan fingerprint density at radius 1 is 1.50 bits per heavy atom. The highest BCUT2D eigenvalue weighted by Crippen LogP contribution is 2.25. The van der Waals surface area contributed by atoms with Crippen LogP contribution in [0.1, 0.15) is 33.0 Å². The number of alkyl halides is 1. The van der Waals surface area contributed by atoms with E-state index in [9.17, 15) is 9.18 Å². The van der Waals surface area contributed by atoms with Gasteiger partial charge in [-0.3, -0.25) is 9.69 Å². The third kappa shape index (κ3) is 4.06. The molecule has 1 aliphatic heterocycles. The van der Waals surface area contributed by atoms with Gasteiger partial charge in [-0.15, -0.1) is 11.3 Å². The first-order valence-corrected chi connectivity index (χ1v) is 9.24. The van der Waals surface area contributed by atoms with Gasteiger partial charge in [-0.2, -0.15) is 5.26 Å². The molecule has 2 aromatic rings. The maximum Gasteiger partial charge on any atom is 0.272 e. The Labute approximate surface area is 155 Å². The van der Waals surface area contributed by atoms with Crippen molar-refractivity contribution in [1.82, 2.24) is 19.8 Å². The van der Waals surface area contributed by atoms with Crippen molar-refractivity contribution in [3.8, 4) is 6.07 Å². The van der Waals surface area contributed by atoms with Gasteiger partial charge in [0, 0.05) is 43.8 Å². The minimum Gasteiger partial charge on any atom is -0.339 e. The summed E-state index contributed by atoms with van der Waals surface area (Å²) in [6.45, 7) is 3.41. The Balaban J connectivity index is 1.66. The van der Waals surface area contributed by atoms with Crippen LogP contribution in [0.3, 0.4) is 0 Å². The lowest BCUT2D eigenvalue weighted by molar-refractivity contribution is 0.0744. The topological polar surface area (TPSA) is 73.1 Å². The minimum absolute atomic E-state index is 0.0427. The van der Waals surface area contributed by atoms with Crippen LogP contribution in [0.2, 0.25) is 0 Å². The molecule has 0 N–H and O–H groups in total.